The van der Waals surface area contributed by atoms with Gasteiger partial charge in [0.15, 0.2) is 5.78 Å². The van der Waals surface area contributed by atoms with Crippen molar-refractivity contribution in [3.05, 3.63) is 33.8 Å². The van der Waals surface area contributed by atoms with Crippen molar-refractivity contribution in [3.63, 3.8) is 0 Å². The van der Waals surface area contributed by atoms with E-state index < -0.39 is 5.54 Å². The van der Waals surface area contributed by atoms with Gasteiger partial charge in [-0.25, -0.2) is 0 Å². The van der Waals surface area contributed by atoms with Crippen molar-refractivity contribution in [1.29, 1.82) is 0 Å². The molecule has 0 atom stereocenters. The van der Waals surface area contributed by atoms with E-state index in [-0.39, 0.29) is 13.6 Å². The van der Waals surface area contributed by atoms with Gasteiger partial charge in [0.1, 0.15) is 1.93 Å². The SMILES string of the molecule is CC(C)(NC(=O)c1cc(Cl)cc(Cl)c1)C(=O)C(I)I. The third-order valence-electron chi connectivity index (χ3n) is 2.36. The number of carbonyl (C=O) groups is 2. The molecule has 1 amide bonds. The van der Waals surface area contributed by atoms with Gasteiger partial charge in [0.25, 0.3) is 5.91 Å². The van der Waals surface area contributed by atoms with Gasteiger partial charge in [0.2, 0.25) is 0 Å². The van der Waals surface area contributed by atoms with Crippen LogP contribution in [0.2, 0.25) is 10.0 Å². The molecule has 19 heavy (non-hydrogen) atoms. The first-order chi connectivity index (χ1) is 8.63. The molecule has 0 aliphatic rings. The van der Waals surface area contributed by atoms with Crippen LogP contribution in [0, 0.1) is 0 Å². The van der Waals surface area contributed by atoms with Crippen LogP contribution in [-0.2, 0) is 4.79 Å². The molecule has 0 heterocycles. The number of benzene rings is 1. The van der Waals surface area contributed by atoms with Crippen LogP contribution >= 0.6 is 68.4 Å². The lowest BCUT2D eigenvalue weighted by molar-refractivity contribution is -0.121. The number of amides is 1. The molecule has 1 N–H and O–H groups in total. The fourth-order valence-corrected chi connectivity index (χ4v) is 3.46. The number of alkyl halides is 2. The predicted octanol–water partition coefficient (Wildman–Crippen LogP) is 4.27. The maximum Gasteiger partial charge on any atom is 0.252 e. The monoisotopic (exact) mass is 525 g/mol. The average Bonchev–Trinajstić information content (AvgIpc) is 2.25. The minimum Gasteiger partial charge on any atom is -0.340 e. The largest absolute Gasteiger partial charge is 0.340 e. The van der Waals surface area contributed by atoms with E-state index in [0.717, 1.165) is 0 Å². The second kappa shape index (κ2) is 6.91. The van der Waals surface area contributed by atoms with Gasteiger partial charge in [-0.15, -0.1) is 0 Å². The fraction of sp³-hybridized carbons (Fsp3) is 0.333. The maximum atomic E-state index is 12.1. The van der Waals surface area contributed by atoms with E-state index >= 15 is 0 Å². The third-order valence-corrected chi connectivity index (χ3v) is 3.93. The van der Waals surface area contributed by atoms with E-state index in [2.05, 4.69) is 5.32 Å². The number of ketones is 1. The van der Waals surface area contributed by atoms with Crippen LogP contribution < -0.4 is 5.32 Å². The molecule has 0 fully saturated rings. The first-order valence-electron chi connectivity index (χ1n) is 5.24. The molecule has 1 aromatic carbocycles. The van der Waals surface area contributed by atoms with Gasteiger partial charge < -0.3 is 5.32 Å². The Morgan fingerprint density at radius 2 is 1.63 bits per heavy atom. The summed E-state index contributed by atoms with van der Waals surface area (Å²) in [5.41, 5.74) is -0.615. The highest BCUT2D eigenvalue weighted by molar-refractivity contribution is 14.2. The van der Waals surface area contributed by atoms with E-state index in [1.165, 1.54) is 12.1 Å². The van der Waals surface area contributed by atoms with Gasteiger partial charge in [-0.2, -0.15) is 0 Å². The van der Waals surface area contributed by atoms with Crippen LogP contribution in [-0.4, -0.2) is 19.2 Å². The Hall–Kier alpha value is 0.400. The van der Waals surface area contributed by atoms with Gasteiger partial charge in [0.05, 0.1) is 5.54 Å². The zero-order valence-corrected chi connectivity index (χ0v) is 16.0. The standard InChI is InChI=1S/C12H11Cl2I2NO2/c1-12(2,9(18)10(15)16)17-11(19)6-3-7(13)5-8(14)4-6/h3-5,10H,1-2H3,(H,17,19). The van der Waals surface area contributed by atoms with Crippen LogP contribution in [0.15, 0.2) is 18.2 Å². The minimum atomic E-state index is -0.946. The van der Waals surface area contributed by atoms with Crippen LogP contribution in [0.1, 0.15) is 24.2 Å². The summed E-state index contributed by atoms with van der Waals surface area (Å²) in [6.45, 7) is 3.34. The van der Waals surface area contributed by atoms with Crippen LogP contribution in [0.5, 0.6) is 0 Å². The summed E-state index contributed by atoms with van der Waals surface area (Å²) in [6, 6.07) is 4.56. The number of carbonyl (C=O) groups excluding carboxylic acids is 2. The maximum absolute atomic E-state index is 12.1. The Balaban J connectivity index is 2.93. The molecule has 1 aromatic rings. The summed E-state index contributed by atoms with van der Waals surface area (Å²) in [7, 11) is 0. The second-order valence-corrected chi connectivity index (χ2v) is 10.1. The van der Waals surface area contributed by atoms with Crippen molar-refractivity contribution in [2.45, 2.75) is 21.3 Å². The number of halogens is 4. The van der Waals surface area contributed by atoms with E-state index in [1.807, 2.05) is 45.2 Å². The van der Waals surface area contributed by atoms with Gasteiger partial charge in [-0.05, 0) is 32.0 Å². The molecule has 0 saturated heterocycles. The van der Waals surface area contributed by atoms with Gasteiger partial charge in [-0.1, -0.05) is 68.4 Å². The third kappa shape index (κ3) is 5.02. The molecule has 7 heteroatoms. The molecule has 104 valence electrons. The molecule has 0 unspecified atom stereocenters. The molecule has 0 aliphatic carbocycles. The quantitative estimate of drug-likeness (QED) is 0.471. The number of hydrogen-bond donors (Lipinski definition) is 1. The predicted molar refractivity (Wildman–Crippen MR) is 94.8 cm³/mol. The highest BCUT2D eigenvalue weighted by atomic mass is 127. The molecular weight excluding hydrogens is 515 g/mol. The van der Waals surface area contributed by atoms with E-state index in [4.69, 9.17) is 23.2 Å². The lowest BCUT2D eigenvalue weighted by Gasteiger charge is -2.25. The van der Waals surface area contributed by atoms with E-state index in [1.54, 1.807) is 19.9 Å². The minimum absolute atomic E-state index is 0.0600. The fourth-order valence-electron chi connectivity index (χ4n) is 1.38. The van der Waals surface area contributed by atoms with E-state index in [0.29, 0.717) is 15.6 Å². The Kier molecular flexibility index (Phi) is 6.34. The zero-order valence-electron chi connectivity index (χ0n) is 10.1. The summed E-state index contributed by atoms with van der Waals surface area (Å²) >= 11 is 15.7. The summed E-state index contributed by atoms with van der Waals surface area (Å²) in [6.07, 6.45) is 0. The Labute approximate surface area is 149 Å². The Morgan fingerprint density at radius 1 is 1.16 bits per heavy atom. The molecule has 0 bridgehead atoms. The number of hydrogen-bond acceptors (Lipinski definition) is 2. The van der Waals surface area contributed by atoms with Gasteiger partial charge >= 0.3 is 0 Å². The smallest absolute Gasteiger partial charge is 0.252 e. The van der Waals surface area contributed by atoms with Crippen LogP contribution in [0.25, 0.3) is 0 Å². The molecule has 0 aliphatic heterocycles. The van der Waals surface area contributed by atoms with Gasteiger partial charge in [-0.3, -0.25) is 9.59 Å². The van der Waals surface area contributed by atoms with Crippen molar-refractivity contribution in [3.8, 4) is 0 Å². The molecule has 0 aromatic heterocycles. The zero-order chi connectivity index (χ0) is 14.8. The number of nitrogens with one attached hydrogen (secondary N) is 1. The Morgan fingerprint density at radius 3 is 2.05 bits per heavy atom. The summed E-state index contributed by atoms with van der Waals surface area (Å²) < 4.78 is -0.214. The highest BCUT2D eigenvalue weighted by Gasteiger charge is 2.32. The van der Waals surface area contributed by atoms with Gasteiger partial charge in [0, 0.05) is 15.6 Å². The topological polar surface area (TPSA) is 46.2 Å². The average molecular weight is 526 g/mol. The number of rotatable bonds is 4. The summed E-state index contributed by atoms with van der Waals surface area (Å²) in [4.78, 5) is 24.1. The first-order valence-corrected chi connectivity index (χ1v) is 8.49. The molecule has 0 saturated carbocycles. The Bertz CT molecular complexity index is 498. The molecule has 1 rings (SSSR count). The lowest BCUT2D eigenvalue weighted by Crippen LogP contribution is -2.51. The van der Waals surface area contributed by atoms with E-state index in [9.17, 15) is 9.59 Å². The first kappa shape index (κ1) is 17.5. The van der Waals surface area contributed by atoms with Crippen LogP contribution in [0.4, 0.5) is 0 Å². The molecule has 0 spiro atoms. The molecule has 0 radical (unpaired) electrons. The summed E-state index contributed by atoms with van der Waals surface area (Å²) in [5, 5.41) is 3.45. The van der Waals surface area contributed by atoms with Crippen molar-refractivity contribution in [2.75, 3.05) is 0 Å². The number of Topliss-reactive ketones (excluding diaryl/α,β-unsaturated/α-hetero) is 1. The normalized spacial score (nSPS) is 11.5. The van der Waals surface area contributed by atoms with Crippen molar-refractivity contribution < 1.29 is 9.59 Å². The summed E-state index contributed by atoms with van der Waals surface area (Å²) in [5.74, 6) is -0.439. The molecule has 3 nitrogen and oxygen atoms in total. The molecular formula is C12H11Cl2I2NO2. The highest BCUT2D eigenvalue weighted by Crippen LogP contribution is 2.22. The van der Waals surface area contributed by atoms with Crippen molar-refractivity contribution >= 4 is 80.1 Å². The van der Waals surface area contributed by atoms with Crippen molar-refractivity contribution in [1.82, 2.24) is 5.32 Å². The second-order valence-electron chi connectivity index (χ2n) is 4.40. The van der Waals surface area contributed by atoms with Crippen molar-refractivity contribution in [2.24, 2.45) is 0 Å². The lowest BCUT2D eigenvalue weighted by atomic mass is 10.00. The van der Waals surface area contributed by atoms with Crippen LogP contribution in [0.3, 0.4) is 0 Å².